The molecule has 1 aliphatic rings. The SMILES string of the molecule is O=C(NCCC(=O)N1CCN(c2ccccn2)CC1)Nc1ccccc1-n1cccn1. The zero-order valence-electron chi connectivity index (χ0n) is 17.1. The summed E-state index contributed by atoms with van der Waals surface area (Å²) < 4.78 is 1.68. The lowest BCUT2D eigenvalue weighted by atomic mass is 10.2. The Morgan fingerprint density at radius 1 is 0.935 bits per heavy atom. The van der Waals surface area contributed by atoms with Crippen molar-refractivity contribution < 1.29 is 9.59 Å². The van der Waals surface area contributed by atoms with Crippen LogP contribution in [0.5, 0.6) is 0 Å². The number of benzene rings is 1. The Kier molecular flexibility index (Phi) is 6.41. The first-order valence-electron chi connectivity index (χ1n) is 10.3. The largest absolute Gasteiger partial charge is 0.353 e. The molecule has 1 aliphatic heterocycles. The van der Waals surface area contributed by atoms with Gasteiger partial charge in [-0.3, -0.25) is 4.79 Å². The molecule has 2 N–H and O–H groups in total. The number of para-hydroxylation sites is 2. The highest BCUT2D eigenvalue weighted by Crippen LogP contribution is 2.18. The molecule has 4 rings (SSSR count). The molecule has 2 aromatic heterocycles. The maximum Gasteiger partial charge on any atom is 0.319 e. The van der Waals surface area contributed by atoms with Crippen LogP contribution in [0.4, 0.5) is 16.3 Å². The van der Waals surface area contributed by atoms with Gasteiger partial charge in [-0.05, 0) is 30.3 Å². The van der Waals surface area contributed by atoms with Crippen LogP contribution >= 0.6 is 0 Å². The standard InChI is InChI=1S/C22H25N7O2/c30-21(28-16-14-27(15-17-28)20-8-3-4-10-23-20)9-12-24-22(31)26-18-6-1-2-7-19(18)29-13-5-11-25-29/h1-8,10-11,13H,9,12,14-17H2,(H2,24,26,31). The molecule has 0 atom stereocenters. The van der Waals surface area contributed by atoms with Gasteiger partial charge in [0.15, 0.2) is 0 Å². The van der Waals surface area contributed by atoms with Crippen molar-refractivity contribution in [3.63, 3.8) is 0 Å². The molecule has 9 nitrogen and oxygen atoms in total. The van der Waals surface area contributed by atoms with Crippen molar-refractivity contribution in [1.29, 1.82) is 0 Å². The number of anilines is 2. The molecule has 0 unspecified atom stereocenters. The minimum atomic E-state index is -0.354. The Morgan fingerprint density at radius 3 is 2.48 bits per heavy atom. The number of rotatable bonds is 6. The lowest BCUT2D eigenvalue weighted by molar-refractivity contribution is -0.131. The first-order chi connectivity index (χ1) is 15.2. The number of amides is 3. The van der Waals surface area contributed by atoms with Crippen molar-refractivity contribution in [2.24, 2.45) is 0 Å². The predicted octanol–water partition coefficient (Wildman–Crippen LogP) is 2.13. The molecule has 0 spiro atoms. The van der Waals surface area contributed by atoms with Crippen LogP contribution in [-0.2, 0) is 4.79 Å². The van der Waals surface area contributed by atoms with Crippen molar-refractivity contribution in [2.45, 2.75) is 6.42 Å². The Labute approximate surface area is 180 Å². The van der Waals surface area contributed by atoms with Gasteiger partial charge in [-0.1, -0.05) is 18.2 Å². The molecule has 0 aliphatic carbocycles. The zero-order valence-corrected chi connectivity index (χ0v) is 17.1. The van der Waals surface area contributed by atoms with Crippen molar-refractivity contribution in [2.75, 3.05) is 42.9 Å². The average Bonchev–Trinajstić information content (AvgIpc) is 3.35. The van der Waals surface area contributed by atoms with Gasteiger partial charge in [0, 0.05) is 57.7 Å². The van der Waals surface area contributed by atoms with Gasteiger partial charge in [0.05, 0.1) is 11.4 Å². The molecule has 0 radical (unpaired) electrons. The van der Waals surface area contributed by atoms with E-state index in [4.69, 9.17) is 0 Å². The molecule has 3 amide bonds. The van der Waals surface area contributed by atoms with Crippen molar-refractivity contribution in [3.05, 3.63) is 67.1 Å². The van der Waals surface area contributed by atoms with Crippen LogP contribution in [0.1, 0.15) is 6.42 Å². The minimum absolute atomic E-state index is 0.0397. The summed E-state index contributed by atoms with van der Waals surface area (Å²) in [7, 11) is 0. The Morgan fingerprint density at radius 2 is 1.74 bits per heavy atom. The fraction of sp³-hybridized carbons (Fsp3) is 0.273. The zero-order chi connectivity index (χ0) is 21.5. The summed E-state index contributed by atoms with van der Waals surface area (Å²) in [5.41, 5.74) is 1.41. The van der Waals surface area contributed by atoms with Gasteiger partial charge in [0.1, 0.15) is 5.82 Å². The first kappa shape index (κ1) is 20.4. The number of hydrogen-bond donors (Lipinski definition) is 2. The summed E-state index contributed by atoms with van der Waals surface area (Å²) in [5.74, 6) is 0.973. The van der Waals surface area contributed by atoms with Crippen LogP contribution in [-0.4, -0.2) is 64.3 Å². The number of carbonyl (C=O) groups is 2. The molecule has 0 saturated carbocycles. The third-order valence-corrected chi connectivity index (χ3v) is 5.13. The van der Waals surface area contributed by atoms with Crippen LogP contribution < -0.4 is 15.5 Å². The van der Waals surface area contributed by atoms with Gasteiger partial charge in [-0.15, -0.1) is 0 Å². The minimum Gasteiger partial charge on any atom is -0.353 e. The maximum atomic E-state index is 12.5. The van der Waals surface area contributed by atoms with E-state index in [0.29, 0.717) is 18.8 Å². The predicted molar refractivity (Wildman–Crippen MR) is 118 cm³/mol. The highest BCUT2D eigenvalue weighted by Gasteiger charge is 2.21. The van der Waals surface area contributed by atoms with E-state index in [1.165, 1.54) is 0 Å². The third kappa shape index (κ3) is 5.19. The number of hydrogen-bond acceptors (Lipinski definition) is 5. The van der Waals surface area contributed by atoms with E-state index in [1.54, 1.807) is 17.1 Å². The monoisotopic (exact) mass is 419 g/mol. The quantitative estimate of drug-likeness (QED) is 0.638. The lowest BCUT2D eigenvalue weighted by Gasteiger charge is -2.35. The lowest BCUT2D eigenvalue weighted by Crippen LogP contribution is -2.49. The summed E-state index contributed by atoms with van der Waals surface area (Å²) in [6, 6.07) is 14.7. The summed E-state index contributed by atoms with van der Waals surface area (Å²) in [6.07, 6.45) is 5.53. The molecule has 1 aromatic carbocycles. The van der Waals surface area contributed by atoms with Crippen molar-refractivity contribution in [3.8, 4) is 5.69 Å². The summed E-state index contributed by atoms with van der Waals surface area (Å²) in [4.78, 5) is 33.2. The van der Waals surface area contributed by atoms with E-state index in [0.717, 1.165) is 24.6 Å². The van der Waals surface area contributed by atoms with Crippen LogP contribution in [0.2, 0.25) is 0 Å². The summed E-state index contributed by atoms with van der Waals surface area (Å²) >= 11 is 0. The second-order valence-electron chi connectivity index (χ2n) is 7.15. The van der Waals surface area contributed by atoms with Crippen LogP contribution in [0.15, 0.2) is 67.1 Å². The average molecular weight is 419 g/mol. The molecule has 0 bridgehead atoms. The fourth-order valence-electron chi connectivity index (χ4n) is 3.52. The van der Waals surface area contributed by atoms with E-state index in [1.807, 2.05) is 59.6 Å². The van der Waals surface area contributed by atoms with Crippen LogP contribution in [0, 0.1) is 0 Å². The molecule has 3 heterocycles. The molecule has 3 aromatic rings. The molecule has 1 saturated heterocycles. The van der Waals surface area contributed by atoms with Crippen molar-refractivity contribution >= 4 is 23.4 Å². The number of aromatic nitrogens is 3. The summed E-state index contributed by atoms with van der Waals surface area (Å²) in [5, 5.41) is 9.79. The normalized spacial score (nSPS) is 13.7. The topological polar surface area (TPSA) is 95.4 Å². The van der Waals surface area contributed by atoms with E-state index in [2.05, 4.69) is 25.6 Å². The molecule has 160 valence electrons. The fourth-order valence-corrected chi connectivity index (χ4v) is 3.52. The van der Waals surface area contributed by atoms with Crippen LogP contribution in [0.3, 0.4) is 0 Å². The van der Waals surface area contributed by atoms with Crippen LogP contribution in [0.25, 0.3) is 5.69 Å². The van der Waals surface area contributed by atoms with E-state index >= 15 is 0 Å². The third-order valence-electron chi connectivity index (χ3n) is 5.13. The van der Waals surface area contributed by atoms with E-state index in [-0.39, 0.29) is 24.9 Å². The Hall–Kier alpha value is -3.88. The molecule has 9 heteroatoms. The van der Waals surface area contributed by atoms with Gasteiger partial charge in [0.2, 0.25) is 5.91 Å². The van der Waals surface area contributed by atoms with Crippen molar-refractivity contribution in [1.82, 2.24) is 25.0 Å². The molecular weight excluding hydrogens is 394 g/mol. The highest BCUT2D eigenvalue weighted by molar-refractivity contribution is 5.91. The van der Waals surface area contributed by atoms with Gasteiger partial charge < -0.3 is 20.4 Å². The number of piperazine rings is 1. The van der Waals surface area contributed by atoms with Gasteiger partial charge in [-0.2, -0.15) is 5.10 Å². The number of urea groups is 1. The first-order valence-corrected chi connectivity index (χ1v) is 10.3. The maximum absolute atomic E-state index is 12.5. The number of nitrogens with one attached hydrogen (secondary N) is 2. The van der Waals surface area contributed by atoms with E-state index in [9.17, 15) is 9.59 Å². The smallest absolute Gasteiger partial charge is 0.319 e. The van der Waals surface area contributed by atoms with Gasteiger partial charge in [0.25, 0.3) is 0 Å². The molecule has 31 heavy (non-hydrogen) atoms. The molecular formula is C22H25N7O2. The Bertz CT molecular complexity index is 1000. The van der Waals surface area contributed by atoms with Gasteiger partial charge in [-0.25, -0.2) is 14.5 Å². The molecule has 1 fully saturated rings. The number of nitrogens with zero attached hydrogens (tertiary/aromatic N) is 5. The Balaban J connectivity index is 1.21. The van der Waals surface area contributed by atoms with Gasteiger partial charge >= 0.3 is 6.03 Å². The number of pyridine rings is 1. The highest BCUT2D eigenvalue weighted by atomic mass is 16.2. The van der Waals surface area contributed by atoms with E-state index < -0.39 is 0 Å². The number of carbonyl (C=O) groups excluding carboxylic acids is 2. The second-order valence-corrected chi connectivity index (χ2v) is 7.15. The second kappa shape index (κ2) is 9.75. The summed E-state index contributed by atoms with van der Waals surface area (Å²) in [6.45, 7) is 3.08.